The summed E-state index contributed by atoms with van der Waals surface area (Å²) in [6, 6.07) is 1.88. The molecule has 0 aliphatic carbocycles. The van der Waals surface area contributed by atoms with Gasteiger partial charge in [0.2, 0.25) is 0 Å². The summed E-state index contributed by atoms with van der Waals surface area (Å²) >= 11 is 0. The zero-order chi connectivity index (χ0) is 14.6. The lowest BCUT2D eigenvalue weighted by Gasteiger charge is -2.14. The molecule has 1 rings (SSSR count). The third-order valence-corrected chi connectivity index (χ3v) is 2.03. The van der Waals surface area contributed by atoms with Crippen molar-refractivity contribution in [2.75, 3.05) is 13.2 Å². The highest BCUT2D eigenvalue weighted by molar-refractivity contribution is 5.97. The van der Waals surface area contributed by atoms with E-state index in [1.807, 2.05) is 0 Å². The van der Waals surface area contributed by atoms with Crippen molar-refractivity contribution in [1.82, 2.24) is 0 Å². The first kappa shape index (κ1) is 15.5. The van der Waals surface area contributed by atoms with E-state index in [1.165, 1.54) is 0 Å². The quantitative estimate of drug-likeness (QED) is 0.593. The third kappa shape index (κ3) is 4.55. The lowest BCUT2D eigenvalue weighted by atomic mass is 10.1. The molecule has 0 aromatic heterocycles. The zero-order valence-corrected chi connectivity index (χ0v) is 9.31. The minimum Gasteiger partial charge on any atom is -0.367 e. The van der Waals surface area contributed by atoms with Gasteiger partial charge in [0.25, 0.3) is 0 Å². The first-order valence-corrected chi connectivity index (χ1v) is 4.95. The van der Waals surface area contributed by atoms with Crippen LogP contribution in [-0.4, -0.2) is 31.3 Å². The number of ether oxygens (including phenoxy) is 1. The lowest BCUT2D eigenvalue weighted by molar-refractivity contribution is -0.163. The second kappa shape index (κ2) is 6.05. The highest BCUT2D eigenvalue weighted by atomic mass is 19.3. The van der Waals surface area contributed by atoms with Crippen LogP contribution in [0.2, 0.25) is 0 Å². The van der Waals surface area contributed by atoms with E-state index in [4.69, 9.17) is 0 Å². The maximum absolute atomic E-state index is 12.8. The molecule has 0 N–H and O–H groups in total. The van der Waals surface area contributed by atoms with Gasteiger partial charge in [-0.25, -0.2) is 17.6 Å². The smallest absolute Gasteiger partial charge is 0.330 e. The molecule has 0 aliphatic rings. The van der Waals surface area contributed by atoms with Crippen molar-refractivity contribution < 1.29 is 35.9 Å². The zero-order valence-electron chi connectivity index (χ0n) is 9.31. The molecule has 0 heterocycles. The van der Waals surface area contributed by atoms with Crippen molar-refractivity contribution in [3.05, 3.63) is 35.4 Å². The molecular formula is C11H8F6O2. The summed E-state index contributed by atoms with van der Waals surface area (Å²) in [6.45, 7) is -2.64. The SMILES string of the molecule is O=C(COCC(F)(F)C(F)F)c1cc(F)cc(F)c1. The molecule has 8 heteroatoms. The highest BCUT2D eigenvalue weighted by Gasteiger charge is 2.41. The summed E-state index contributed by atoms with van der Waals surface area (Å²) in [7, 11) is 0. The minimum atomic E-state index is -4.38. The molecule has 106 valence electrons. The minimum absolute atomic E-state index is 0.433. The average molecular weight is 286 g/mol. The summed E-state index contributed by atoms with van der Waals surface area (Å²) in [6.07, 6.45) is -3.92. The van der Waals surface area contributed by atoms with Crippen molar-refractivity contribution in [3.8, 4) is 0 Å². The van der Waals surface area contributed by atoms with Gasteiger partial charge in [0, 0.05) is 11.6 Å². The first-order chi connectivity index (χ1) is 8.72. The number of alkyl halides is 4. The number of carbonyl (C=O) groups is 1. The van der Waals surface area contributed by atoms with Crippen molar-refractivity contribution >= 4 is 5.78 Å². The second-order valence-electron chi connectivity index (χ2n) is 3.64. The number of ketones is 1. The van der Waals surface area contributed by atoms with Crippen LogP contribution < -0.4 is 0 Å². The van der Waals surface area contributed by atoms with Gasteiger partial charge < -0.3 is 4.74 Å². The van der Waals surface area contributed by atoms with Crippen LogP contribution in [0.5, 0.6) is 0 Å². The van der Waals surface area contributed by atoms with E-state index in [-0.39, 0.29) is 0 Å². The van der Waals surface area contributed by atoms with Crippen LogP contribution >= 0.6 is 0 Å². The van der Waals surface area contributed by atoms with Crippen LogP contribution in [-0.2, 0) is 4.74 Å². The Hall–Kier alpha value is -1.57. The van der Waals surface area contributed by atoms with Crippen LogP contribution in [0.3, 0.4) is 0 Å². The molecule has 1 aromatic carbocycles. The van der Waals surface area contributed by atoms with Crippen molar-refractivity contribution in [1.29, 1.82) is 0 Å². The molecule has 0 saturated carbocycles. The summed E-state index contributed by atoms with van der Waals surface area (Å²) in [5.41, 5.74) is -0.433. The molecule has 0 spiro atoms. The maximum Gasteiger partial charge on any atom is 0.330 e. The standard InChI is InChI=1S/C11H8F6O2/c12-7-1-6(2-8(13)3-7)9(18)4-19-5-11(16,17)10(14)15/h1-3,10H,4-5H2. The van der Waals surface area contributed by atoms with Gasteiger partial charge >= 0.3 is 12.3 Å². The fraction of sp³-hybridized carbons (Fsp3) is 0.364. The summed E-state index contributed by atoms with van der Waals surface area (Å²) in [5, 5.41) is 0. The normalized spacial score (nSPS) is 11.9. The van der Waals surface area contributed by atoms with E-state index in [0.29, 0.717) is 18.2 Å². The predicted molar refractivity (Wildman–Crippen MR) is 52.5 cm³/mol. The van der Waals surface area contributed by atoms with E-state index < -0.39 is 48.5 Å². The lowest BCUT2D eigenvalue weighted by Crippen LogP contribution is -2.33. The molecule has 1 aromatic rings. The van der Waals surface area contributed by atoms with Crippen LogP contribution in [0.4, 0.5) is 26.3 Å². The Kier molecular flexibility index (Phi) is 4.93. The topological polar surface area (TPSA) is 26.3 Å². The van der Waals surface area contributed by atoms with E-state index >= 15 is 0 Å². The number of hydrogen-bond donors (Lipinski definition) is 0. The summed E-state index contributed by atoms with van der Waals surface area (Å²) in [5.74, 6) is -7.43. The predicted octanol–water partition coefficient (Wildman–Crippen LogP) is 3.06. The van der Waals surface area contributed by atoms with Crippen LogP contribution in [0.25, 0.3) is 0 Å². The van der Waals surface area contributed by atoms with Gasteiger partial charge in [0.1, 0.15) is 24.8 Å². The third-order valence-electron chi connectivity index (χ3n) is 2.03. The fourth-order valence-corrected chi connectivity index (χ4v) is 1.14. The Morgan fingerprint density at radius 1 is 1.16 bits per heavy atom. The van der Waals surface area contributed by atoms with Gasteiger partial charge in [0.15, 0.2) is 5.78 Å². The van der Waals surface area contributed by atoms with Gasteiger partial charge in [-0.3, -0.25) is 4.79 Å². The Labute approximate surface area is 104 Å². The number of hydrogen-bond acceptors (Lipinski definition) is 2. The van der Waals surface area contributed by atoms with Crippen molar-refractivity contribution in [3.63, 3.8) is 0 Å². The van der Waals surface area contributed by atoms with Crippen LogP contribution in [0.1, 0.15) is 10.4 Å². The summed E-state index contributed by atoms with van der Waals surface area (Å²) < 4.78 is 78.0. The molecule has 0 amide bonds. The number of rotatable bonds is 6. The Bertz CT molecular complexity index is 440. The van der Waals surface area contributed by atoms with Gasteiger partial charge in [-0.15, -0.1) is 0 Å². The molecule has 0 aliphatic heterocycles. The van der Waals surface area contributed by atoms with Gasteiger partial charge in [-0.2, -0.15) is 8.78 Å². The number of carbonyl (C=O) groups excluding carboxylic acids is 1. The number of halogens is 6. The Morgan fingerprint density at radius 3 is 2.16 bits per heavy atom. The van der Waals surface area contributed by atoms with Crippen molar-refractivity contribution in [2.24, 2.45) is 0 Å². The molecule has 19 heavy (non-hydrogen) atoms. The molecular weight excluding hydrogens is 278 g/mol. The average Bonchev–Trinajstić information content (AvgIpc) is 2.27. The molecule has 0 unspecified atom stereocenters. The van der Waals surface area contributed by atoms with E-state index in [1.54, 1.807) is 0 Å². The van der Waals surface area contributed by atoms with Gasteiger partial charge in [-0.05, 0) is 12.1 Å². The second-order valence-corrected chi connectivity index (χ2v) is 3.64. The largest absolute Gasteiger partial charge is 0.367 e. The van der Waals surface area contributed by atoms with E-state index in [2.05, 4.69) is 4.74 Å². The molecule has 0 atom stereocenters. The first-order valence-electron chi connectivity index (χ1n) is 4.95. The van der Waals surface area contributed by atoms with E-state index in [0.717, 1.165) is 0 Å². The molecule has 0 saturated heterocycles. The monoisotopic (exact) mass is 286 g/mol. The number of benzene rings is 1. The van der Waals surface area contributed by atoms with Gasteiger partial charge in [0.05, 0.1) is 0 Å². The van der Waals surface area contributed by atoms with Crippen LogP contribution in [0, 0.1) is 11.6 Å². The maximum atomic E-state index is 12.8. The molecule has 2 nitrogen and oxygen atoms in total. The van der Waals surface area contributed by atoms with Crippen LogP contribution in [0.15, 0.2) is 18.2 Å². The van der Waals surface area contributed by atoms with E-state index in [9.17, 15) is 31.1 Å². The molecule has 0 fully saturated rings. The highest BCUT2D eigenvalue weighted by Crippen LogP contribution is 2.22. The molecule has 0 bridgehead atoms. The Morgan fingerprint density at radius 2 is 1.68 bits per heavy atom. The Balaban J connectivity index is 2.57. The number of Topliss-reactive ketones (excluding diaryl/α,β-unsaturated/α-hetero) is 1. The summed E-state index contributed by atoms with van der Waals surface area (Å²) in [4.78, 5) is 11.3. The fourth-order valence-electron chi connectivity index (χ4n) is 1.14. The van der Waals surface area contributed by atoms with Gasteiger partial charge in [-0.1, -0.05) is 0 Å². The van der Waals surface area contributed by atoms with Crippen molar-refractivity contribution in [2.45, 2.75) is 12.3 Å². The molecule has 0 radical (unpaired) electrons.